The molecule has 0 aliphatic rings. The Kier molecular flexibility index (Phi) is 8.99. The van der Waals surface area contributed by atoms with Crippen LogP contribution in [-0.2, 0) is 4.79 Å². The maximum absolute atomic E-state index is 13.6. The van der Waals surface area contributed by atoms with Crippen LogP contribution in [0.15, 0.2) is 0 Å². The number of rotatable bonds is 13. The lowest BCUT2D eigenvalue weighted by molar-refractivity contribution is -0.473. The van der Waals surface area contributed by atoms with E-state index in [0.717, 1.165) is 0 Å². The van der Waals surface area contributed by atoms with Crippen LogP contribution in [0.25, 0.3) is 0 Å². The van der Waals surface area contributed by atoms with Gasteiger partial charge in [-0.3, -0.25) is 4.79 Å². The Bertz CT molecular complexity index is 926. The fourth-order valence-corrected chi connectivity index (χ4v) is 2.54. The second kappa shape index (κ2) is 9.41. The van der Waals surface area contributed by atoms with Crippen LogP contribution < -0.4 is 5.73 Å². The lowest BCUT2D eigenvalue weighted by atomic mass is 9.84. The number of primary amides is 1. The van der Waals surface area contributed by atoms with Crippen LogP contribution in [0, 0.1) is 0 Å². The minimum Gasteiger partial charge on any atom is -0.364 e. The number of carbonyl (C=O) groups is 1. The van der Waals surface area contributed by atoms with Gasteiger partial charge in [0.1, 0.15) is 0 Å². The summed E-state index contributed by atoms with van der Waals surface area (Å²) < 4.78 is 295. The van der Waals surface area contributed by atoms with E-state index in [1.807, 2.05) is 0 Å². The highest BCUT2D eigenvalue weighted by atomic mass is 32.1. The molecule has 0 atom stereocenters. The highest BCUT2D eigenvalue weighted by molar-refractivity contribution is 7.80. The molecular weight excluding hydrogens is 648 g/mol. The summed E-state index contributed by atoms with van der Waals surface area (Å²) in [4.78, 5) is 10.1. The van der Waals surface area contributed by atoms with Crippen molar-refractivity contribution in [3.05, 3.63) is 0 Å². The highest BCUT2D eigenvalue weighted by Gasteiger charge is 2.98. The predicted octanol–water partition coefficient (Wildman–Crippen LogP) is 6.78. The van der Waals surface area contributed by atoms with Crippen molar-refractivity contribution in [1.82, 2.24) is 0 Å². The number of carbonyl (C=O) groups excluding carboxylic acids is 1. The van der Waals surface area contributed by atoms with E-state index in [0.29, 0.717) is 0 Å². The molecular formula is C14H7F22NOS. The Labute approximate surface area is 204 Å². The number of hydrogen-bond donors (Lipinski definition) is 2. The maximum atomic E-state index is 13.6. The minimum absolute atomic E-state index is 1.68. The Morgan fingerprint density at radius 3 is 0.846 bits per heavy atom. The average Bonchev–Trinajstić information content (AvgIpc) is 2.71. The van der Waals surface area contributed by atoms with Crippen molar-refractivity contribution in [3.8, 4) is 0 Å². The van der Waals surface area contributed by atoms with Gasteiger partial charge in [-0.15, -0.1) is 0 Å². The van der Waals surface area contributed by atoms with Gasteiger partial charge in [-0.1, -0.05) is 0 Å². The molecule has 39 heavy (non-hydrogen) atoms. The van der Waals surface area contributed by atoms with Crippen LogP contribution in [0.4, 0.5) is 96.6 Å². The molecule has 0 aromatic heterocycles. The highest BCUT2D eigenvalue weighted by Crippen LogP contribution is 2.67. The molecule has 234 valence electrons. The predicted molar refractivity (Wildman–Crippen MR) is 82.1 cm³/mol. The third-order valence-electron chi connectivity index (χ3n) is 4.74. The summed E-state index contributed by atoms with van der Waals surface area (Å²) in [5.74, 6) is -100. The topological polar surface area (TPSA) is 43.1 Å². The molecule has 0 heterocycles. The van der Waals surface area contributed by atoms with E-state index in [-0.39, 0.29) is 0 Å². The second-order valence-electron chi connectivity index (χ2n) is 7.29. The van der Waals surface area contributed by atoms with Crippen molar-refractivity contribution < 1.29 is 101 Å². The number of alkyl halides is 22. The van der Waals surface area contributed by atoms with Crippen molar-refractivity contribution >= 4 is 18.5 Å². The fraction of sp³-hybridized carbons (Fsp3) is 0.929. The summed E-state index contributed by atoms with van der Waals surface area (Å²) in [5.41, 5.74) is 3.44. The van der Waals surface area contributed by atoms with E-state index < -0.39 is 83.2 Å². The zero-order valence-electron chi connectivity index (χ0n) is 17.2. The second-order valence-corrected chi connectivity index (χ2v) is 7.73. The molecule has 0 aromatic rings. The molecule has 0 saturated heterocycles. The first-order valence-electron chi connectivity index (χ1n) is 8.57. The third-order valence-corrected chi connectivity index (χ3v) is 4.97. The summed E-state index contributed by atoms with van der Waals surface area (Å²) in [5, 5.41) is 0. The summed E-state index contributed by atoms with van der Waals surface area (Å²) in [6.45, 7) is 0. The molecule has 2 N–H and O–H groups in total. The number of halogens is 22. The molecule has 0 fully saturated rings. The van der Waals surface area contributed by atoms with Gasteiger partial charge < -0.3 is 5.73 Å². The summed E-state index contributed by atoms with van der Waals surface area (Å²) in [6.07, 6.45) is -2.76. The molecule has 0 bridgehead atoms. The first-order chi connectivity index (χ1) is 16.5. The number of amides is 1. The zero-order chi connectivity index (χ0) is 32.5. The van der Waals surface area contributed by atoms with Crippen LogP contribution in [0.2, 0.25) is 0 Å². The molecule has 1 amide bonds. The molecule has 0 radical (unpaired) electrons. The van der Waals surface area contributed by atoms with Gasteiger partial charge in [-0.25, -0.2) is 0 Å². The lowest BCUT2D eigenvalue weighted by Gasteiger charge is -2.45. The van der Waals surface area contributed by atoms with Gasteiger partial charge in [0.2, 0.25) is 0 Å². The summed E-state index contributed by atoms with van der Waals surface area (Å²) in [6, 6.07) is 0. The number of hydrogen-bond acceptors (Lipinski definition) is 2. The van der Waals surface area contributed by atoms with Gasteiger partial charge in [0.15, 0.2) is 0 Å². The van der Waals surface area contributed by atoms with E-state index in [9.17, 15) is 101 Å². The SMILES string of the molecule is NC(=O)C(F)(F)C(F)(F)C(F)(F)C(F)(F)C(F)(F)C(F)(F)C(F)(F)C(F)(F)C(F)(F)C(F)(F)C(F)(F)CCS. The van der Waals surface area contributed by atoms with Gasteiger partial charge in [0.25, 0.3) is 5.91 Å². The van der Waals surface area contributed by atoms with Gasteiger partial charge in [0, 0.05) is 6.42 Å². The maximum Gasteiger partial charge on any atom is 0.392 e. The smallest absolute Gasteiger partial charge is 0.364 e. The molecule has 0 aromatic carbocycles. The minimum atomic E-state index is -9.37. The van der Waals surface area contributed by atoms with E-state index in [1.165, 1.54) is 0 Å². The van der Waals surface area contributed by atoms with E-state index in [2.05, 4.69) is 18.4 Å². The van der Waals surface area contributed by atoms with Gasteiger partial charge in [-0.05, 0) is 5.75 Å². The standard InChI is InChI=1S/C14H7F22NOS/c15-4(16,1-2-39)6(19,20)8(23,24)10(27,28)12(31,32)14(35,36)13(33,34)11(29,30)9(25,26)7(21,22)5(17,18)3(37)38/h39H,1-2H2,(H2,37,38). The third kappa shape index (κ3) is 4.41. The van der Waals surface area contributed by atoms with Crippen molar-refractivity contribution in [2.75, 3.05) is 5.75 Å². The molecule has 0 aliphatic heterocycles. The van der Waals surface area contributed by atoms with Crippen LogP contribution in [0.1, 0.15) is 6.42 Å². The van der Waals surface area contributed by atoms with Crippen LogP contribution in [0.3, 0.4) is 0 Å². The molecule has 2 nitrogen and oxygen atoms in total. The summed E-state index contributed by atoms with van der Waals surface area (Å²) >= 11 is 2.76. The van der Waals surface area contributed by atoms with Crippen molar-refractivity contribution in [2.45, 2.75) is 71.6 Å². The quantitative estimate of drug-likeness (QED) is 0.167. The first kappa shape index (κ1) is 37.3. The van der Waals surface area contributed by atoms with Crippen molar-refractivity contribution in [1.29, 1.82) is 0 Å². The number of nitrogens with two attached hydrogens (primary N) is 1. The zero-order valence-corrected chi connectivity index (χ0v) is 18.1. The van der Waals surface area contributed by atoms with Gasteiger partial charge in [-0.2, -0.15) is 109 Å². The molecule has 0 saturated carbocycles. The molecule has 0 rings (SSSR count). The Hall–Kier alpha value is -1.72. The number of thiol groups is 1. The van der Waals surface area contributed by atoms with E-state index in [1.54, 1.807) is 0 Å². The molecule has 0 spiro atoms. The largest absolute Gasteiger partial charge is 0.392 e. The molecule has 0 unspecified atom stereocenters. The lowest BCUT2D eigenvalue weighted by Crippen LogP contribution is -2.78. The monoisotopic (exact) mass is 655 g/mol. The van der Waals surface area contributed by atoms with Crippen molar-refractivity contribution in [2.24, 2.45) is 5.73 Å². The average molecular weight is 655 g/mol. The normalized spacial score (nSPS) is 16.5. The Morgan fingerprint density at radius 2 is 0.641 bits per heavy atom. The fourth-order valence-electron chi connectivity index (χ4n) is 2.26. The van der Waals surface area contributed by atoms with Gasteiger partial charge >= 0.3 is 65.1 Å². The Balaban J connectivity index is 7.26. The van der Waals surface area contributed by atoms with Crippen LogP contribution >= 0.6 is 12.6 Å². The van der Waals surface area contributed by atoms with Crippen LogP contribution in [-0.4, -0.2) is 76.8 Å². The van der Waals surface area contributed by atoms with Crippen LogP contribution in [0.5, 0.6) is 0 Å². The molecule has 25 heteroatoms. The van der Waals surface area contributed by atoms with Crippen molar-refractivity contribution in [3.63, 3.8) is 0 Å². The van der Waals surface area contributed by atoms with E-state index >= 15 is 0 Å². The first-order valence-corrected chi connectivity index (χ1v) is 9.20. The van der Waals surface area contributed by atoms with E-state index in [4.69, 9.17) is 0 Å². The van der Waals surface area contributed by atoms with Gasteiger partial charge in [0.05, 0.1) is 0 Å². The summed E-state index contributed by atoms with van der Waals surface area (Å²) in [7, 11) is 0. The Morgan fingerprint density at radius 1 is 0.436 bits per heavy atom. The molecule has 0 aliphatic carbocycles.